The van der Waals surface area contributed by atoms with Crippen LogP contribution >= 0.6 is 0 Å². The van der Waals surface area contributed by atoms with Crippen molar-refractivity contribution < 1.29 is 19.8 Å². The average molecular weight is 412 g/mol. The standard InChI is InChI=1S/C23H29N3O4/c1-3-9-25(13-21(24)29)22(30)14-26-10-8-16-11-19(27)20(28)12-18(16)23(26)17-7-5-4-6-15(17)2/h4-7,11-12,23,27-28H,3,8-10,13-14H2,1-2H3,(H2,24,29). The molecule has 7 heteroatoms. The van der Waals surface area contributed by atoms with E-state index in [0.717, 1.165) is 28.7 Å². The zero-order chi connectivity index (χ0) is 21.8. The Morgan fingerprint density at radius 2 is 1.87 bits per heavy atom. The smallest absolute Gasteiger partial charge is 0.237 e. The summed E-state index contributed by atoms with van der Waals surface area (Å²) in [6, 6.07) is 10.9. The summed E-state index contributed by atoms with van der Waals surface area (Å²) in [5.41, 5.74) is 9.26. The third kappa shape index (κ3) is 4.57. The van der Waals surface area contributed by atoms with Gasteiger partial charge < -0.3 is 20.8 Å². The Hall–Kier alpha value is -3.06. The van der Waals surface area contributed by atoms with E-state index in [1.165, 1.54) is 4.90 Å². The summed E-state index contributed by atoms with van der Waals surface area (Å²) in [6.45, 7) is 5.08. The highest BCUT2D eigenvalue weighted by molar-refractivity contribution is 5.85. The number of rotatable bonds is 7. The van der Waals surface area contributed by atoms with E-state index in [0.29, 0.717) is 19.5 Å². The maximum Gasteiger partial charge on any atom is 0.237 e. The number of phenols is 2. The van der Waals surface area contributed by atoms with Crippen molar-refractivity contribution in [2.75, 3.05) is 26.2 Å². The van der Waals surface area contributed by atoms with E-state index in [9.17, 15) is 19.8 Å². The van der Waals surface area contributed by atoms with Gasteiger partial charge in [-0.3, -0.25) is 14.5 Å². The van der Waals surface area contributed by atoms with E-state index in [1.54, 1.807) is 12.1 Å². The summed E-state index contributed by atoms with van der Waals surface area (Å²) in [5.74, 6) is -1.00. The van der Waals surface area contributed by atoms with Gasteiger partial charge in [0, 0.05) is 13.1 Å². The van der Waals surface area contributed by atoms with Gasteiger partial charge in [-0.15, -0.1) is 0 Å². The molecule has 0 saturated heterocycles. The highest BCUT2D eigenvalue weighted by Crippen LogP contribution is 2.40. The second-order valence-corrected chi connectivity index (χ2v) is 7.80. The van der Waals surface area contributed by atoms with Gasteiger partial charge in [-0.25, -0.2) is 0 Å². The summed E-state index contributed by atoms with van der Waals surface area (Å²) in [6.07, 6.45) is 1.37. The summed E-state index contributed by atoms with van der Waals surface area (Å²) >= 11 is 0. The predicted octanol–water partition coefficient (Wildman–Crippen LogP) is 2.08. The first-order valence-electron chi connectivity index (χ1n) is 10.2. The number of hydrogen-bond donors (Lipinski definition) is 3. The molecule has 1 unspecified atom stereocenters. The Labute approximate surface area is 176 Å². The number of hydrogen-bond acceptors (Lipinski definition) is 5. The van der Waals surface area contributed by atoms with E-state index < -0.39 is 5.91 Å². The lowest BCUT2D eigenvalue weighted by molar-refractivity contribution is -0.136. The van der Waals surface area contributed by atoms with Gasteiger partial charge in [-0.2, -0.15) is 0 Å². The molecule has 3 rings (SSSR count). The summed E-state index contributed by atoms with van der Waals surface area (Å²) < 4.78 is 0. The monoisotopic (exact) mass is 411 g/mol. The van der Waals surface area contributed by atoms with Crippen LogP contribution in [0.15, 0.2) is 36.4 Å². The zero-order valence-corrected chi connectivity index (χ0v) is 17.5. The minimum absolute atomic E-state index is 0.0964. The average Bonchev–Trinajstić information content (AvgIpc) is 2.69. The molecule has 0 aromatic heterocycles. The van der Waals surface area contributed by atoms with Gasteiger partial charge >= 0.3 is 0 Å². The topological polar surface area (TPSA) is 107 Å². The minimum Gasteiger partial charge on any atom is -0.504 e. The lowest BCUT2D eigenvalue weighted by Crippen LogP contribution is -2.47. The van der Waals surface area contributed by atoms with Crippen LogP contribution < -0.4 is 5.73 Å². The van der Waals surface area contributed by atoms with E-state index in [-0.39, 0.29) is 36.5 Å². The molecule has 2 aromatic rings. The zero-order valence-electron chi connectivity index (χ0n) is 17.5. The molecular formula is C23H29N3O4. The van der Waals surface area contributed by atoms with Crippen LogP contribution in [0.5, 0.6) is 11.5 Å². The Balaban J connectivity index is 1.98. The van der Waals surface area contributed by atoms with E-state index in [2.05, 4.69) is 4.90 Å². The Bertz CT molecular complexity index is 944. The van der Waals surface area contributed by atoms with Crippen LogP contribution in [-0.4, -0.2) is 58.0 Å². The maximum absolute atomic E-state index is 13.0. The molecule has 2 aromatic carbocycles. The van der Waals surface area contributed by atoms with Gasteiger partial charge in [0.25, 0.3) is 0 Å². The second kappa shape index (κ2) is 9.17. The second-order valence-electron chi connectivity index (χ2n) is 7.80. The fourth-order valence-corrected chi connectivity index (χ4v) is 4.15. The fourth-order valence-electron chi connectivity index (χ4n) is 4.15. The normalized spacial score (nSPS) is 16.1. The van der Waals surface area contributed by atoms with Gasteiger partial charge in [0.1, 0.15) is 0 Å². The maximum atomic E-state index is 13.0. The van der Waals surface area contributed by atoms with Crippen molar-refractivity contribution in [3.8, 4) is 11.5 Å². The number of amides is 2. The molecular weight excluding hydrogens is 382 g/mol. The third-order valence-corrected chi connectivity index (χ3v) is 5.58. The van der Waals surface area contributed by atoms with Crippen molar-refractivity contribution in [1.29, 1.82) is 0 Å². The molecule has 1 heterocycles. The van der Waals surface area contributed by atoms with Gasteiger partial charge in [0.05, 0.1) is 19.1 Å². The molecule has 0 spiro atoms. The highest BCUT2D eigenvalue weighted by atomic mass is 16.3. The molecule has 0 fully saturated rings. The van der Waals surface area contributed by atoms with Crippen LogP contribution in [0, 0.1) is 6.92 Å². The molecule has 0 radical (unpaired) electrons. The van der Waals surface area contributed by atoms with Crippen molar-refractivity contribution in [2.24, 2.45) is 5.73 Å². The molecule has 0 saturated carbocycles. The highest BCUT2D eigenvalue weighted by Gasteiger charge is 2.33. The van der Waals surface area contributed by atoms with E-state index in [4.69, 9.17) is 5.73 Å². The molecule has 0 bridgehead atoms. The van der Waals surface area contributed by atoms with Gasteiger partial charge in [-0.1, -0.05) is 31.2 Å². The number of carbonyl (C=O) groups is 2. The Kier molecular flexibility index (Phi) is 6.62. The number of primary amides is 1. The van der Waals surface area contributed by atoms with Crippen molar-refractivity contribution in [1.82, 2.24) is 9.80 Å². The quantitative estimate of drug-likeness (QED) is 0.605. The lowest BCUT2D eigenvalue weighted by atomic mass is 9.86. The first-order chi connectivity index (χ1) is 14.3. The summed E-state index contributed by atoms with van der Waals surface area (Å²) in [4.78, 5) is 28.0. The van der Waals surface area contributed by atoms with Crippen molar-refractivity contribution >= 4 is 11.8 Å². The molecule has 0 aliphatic carbocycles. The van der Waals surface area contributed by atoms with Crippen LogP contribution in [-0.2, 0) is 16.0 Å². The molecule has 1 aliphatic rings. The number of nitrogens with zero attached hydrogens (tertiary/aromatic N) is 2. The van der Waals surface area contributed by atoms with Crippen LogP contribution in [0.3, 0.4) is 0 Å². The number of phenolic OH excluding ortho intramolecular Hbond substituents is 2. The number of benzene rings is 2. The van der Waals surface area contributed by atoms with Crippen molar-refractivity contribution in [2.45, 2.75) is 32.7 Å². The lowest BCUT2D eigenvalue weighted by Gasteiger charge is -2.39. The van der Waals surface area contributed by atoms with Crippen molar-refractivity contribution in [3.63, 3.8) is 0 Å². The third-order valence-electron chi connectivity index (χ3n) is 5.58. The van der Waals surface area contributed by atoms with Crippen molar-refractivity contribution in [3.05, 3.63) is 58.7 Å². The number of carbonyl (C=O) groups excluding carboxylic acids is 2. The number of fused-ring (bicyclic) bond motifs is 1. The first-order valence-corrected chi connectivity index (χ1v) is 10.2. The van der Waals surface area contributed by atoms with E-state index >= 15 is 0 Å². The largest absolute Gasteiger partial charge is 0.504 e. The van der Waals surface area contributed by atoms with E-state index in [1.807, 2.05) is 38.1 Å². The SMILES string of the molecule is CCCN(CC(N)=O)C(=O)CN1CCc2cc(O)c(O)cc2C1c1ccccc1C. The molecule has 7 nitrogen and oxygen atoms in total. The molecule has 160 valence electrons. The summed E-state index contributed by atoms with van der Waals surface area (Å²) in [7, 11) is 0. The van der Waals surface area contributed by atoms with Crippen LogP contribution in [0.2, 0.25) is 0 Å². The van der Waals surface area contributed by atoms with Crippen LogP contribution in [0.1, 0.15) is 41.6 Å². The van der Waals surface area contributed by atoms with Crippen LogP contribution in [0.25, 0.3) is 0 Å². The van der Waals surface area contributed by atoms with Crippen LogP contribution in [0.4, 0.5) is 0 Å². The minimum atomic E-state index is -0.531. The Morgan fingerprint density at radius 1 is 1.17 bits per heavy atom. The molecule has 2 amide bonds. The van der Waals surface area contributed by atoms with Gasteiger partial charge in [0.2, 0.25) is 11.8 Å². The molecule has 4 N–H and O–H groups in total. The summed E-state index contributed by atoms with van der Waals surface area (Å²) in [5, 5.41) is 20.1. The molecule has 30 heavy (non-hydrogen) atoms. The number of nitrogens with two attached hydrogens (primary N) is 1. The number of aromatic hydroxyl groups is 2. The predicted molar refractivity (Wildman–Crippen MR) is 114 cm³/mol. The first kappa shape index (κ1) is 21.6. The van der Waals surface area contributed by atoms with Gasteiger partial charge in [0.15, 0.2) is 11.5 Å². The Morgan fingerprint density at radius 3 is 2.53 bits per heavy atom. The van der Waals surface area contributed by atoms with Gasteiger partial charge in [-0.05, 0) is 54.2 Å². The molecule has 1 aliphatic heterocycles. The number of aryl methyl sites for hydroxylation is 1. The fraction of sp³-hybridized carbons (Fsp3) is 0.391. The molecule has 1 atom stereocenters.